The first-order valence-corrected chi connectivity index (χ1v) is 8.28. The zero-order chi connectivity index (χ0) is 13.8. The molecule has 1 unspecified atom stereocenters. The molecule has 4 atom stereocenters. The van der Waals surface area contributed by atoms with Gasteiger partial charge in [-0.25, -0.2) is 4.21 Å². The lowest BCUT2D eigenvalue weighted by Gasteiger charge is -2.20. The van der Waals surface area contributed by atoms with Crippen LogP contribution >= 0.6 is 11.8 Å². The molecular weight excluding hydrogens is 280 g/mol. The molecule has 104 valence electrons. The molecule has 0 aromatic heterocycles. The Bertz CT molecular complexity index is 473. The number of allylic oxidation sites excluding steroid dienone is 1. The Hall–Kier alpha value is -0.620. The summed E-state index contributed by atoms with van der Waals surface area (Å²) < 4.78 is 20.8. The minimum atomic E-state index is -1.94. The molecule has 19 heavy (non-hydrogen) atoms. The smallest absolute Gasteiger partial charge is 0.160 e. The van der Waals surface area contributed by atoms with Gasteiger partial charge in [0, 0.05) is 10.8 Å². The van der Waals surface area contributed by atoms with E-state index in [0.717, 1.165) is 16.2 Å². The van der Waals surface area contributed by atoms with Crippen LogP contribution in [0.4, 0.5) is 0 Å². The summed E-state index contributed by atoms with van der Waals surface area (Å²) in [5, 5.41) is 9.48. The molecule has 1 aliphatic rings. The molecule has 2 rings (SSSR count). The van der Waals surface area contributed by atoms with Crippen molar-refractivity contribution in [2.24, 2.45) is 5.92 Å². The number of benzene rings is 1. The van der Waals surface area contributed by atoms with Gasteiger partial charge in [0.05, 0.1) is 11.4 Å². The van der Waals surface area contributed by atoms with Crippen molar-refractivity contribution in [2.45, 2.75) is 36.0 Å². The van der Waals surface area contributed by atoms with Gasteiger partial charge in [-0.2, -0.15) is 0 Å². The third-order valence-corrected chi connectivity index (χ3v) is 5.53. The Labute approximate surface area is 120 Å². The molecule has 5 heteroatoms. The van der Waals surface area contributed by atoms with Gasteiger partial charge in [0.15, 0.2) is 11.1 Å². The molecule has 1 aromatic rings. The van der Waals surface area contributed by atoms with Gasteiger partial charge in [0.2, 0.25) is 0 Å². The summed E-state index contributed by atoms with van der Waals surface area (Å²) in [6.45, 7) is 1.83. The van der Waals surface area contributed by atoms with Crippen LogP contribution in [0.25, 0.3) is 0 Å². The van der Waals surface area contributed by atoms with E-state index >= 15 is 0 Å². The van der Waals surface area contributed by atoms with Crippen molar-refractivity contribution in [2.75, 3.05) is 0 Å². The van der Waals surface area contributed by atoms with Crippen LogP contribution in [0, 0.1) is 5.92 Å². The molecule has 0 aliphatic heterocycles. The average Bonchev–Trinajstić information content (AvgIpc) is 2.53. The van der Waals surface area contributed by atoms with Crippen molar-refractivity contribution in [3.8, 4) is 0 Å². The molecule has 0 amide bonds. The van der Waals surface area contributed by atoms with Crippen molar-refractivity contribution in [3.63, 3.8) is 0 Å². The van der Waals surface area contributed by atoms with Gasteiger partial charge in [-0.05, 0) is 29.9 Å². The SMILES string of the molecule is C[C@@H]1[C@H](S(=O)O)C=C(Sc2ccccc2)CC[C@@H]1O. The van der Waals surface area contributed by atoms with Crippen LogP contribution in [0.15, 0.2) is 46.2 Å². The van der Waals surface area contributed by atoms with E-state index in [1.54, 1.807) is 11.8 Å². The summed E-state index contributed by atoms with van der Waals surface area (Å²) in [5.74, 6) is -0.195. The van der Waals surface area contributed by atoms with Gasteiger partial charge in [0.1, 0.15) is 0 Å². The molecule has 0 spiro atoms. The average molecular weight is 298 g/mol. The predicted octanol–water partition coefficient (Wildman–Crippen LogP) is 3.04. The highest BCUT2D eigenvalue weighted by atomic mass is 32.2. The van der Waals surface area contributed by atoms with E-state index < -0.39 is 22.4 Å². The number of aliphatic hydroxyl groups excluding tert-OH is 1. The highest BCUT2D eigenvalue weighted by Gasteiger charge is 2.30. The fourth-order valence-corrected chi connectivity index (χ4v) is 4.10. The lowest BCUT2D eigenvalue weighted by atomic mass is 10.00. The molecule has 0 saturated carbocycles. The Kier molecular flexibility index (Phi) is 5.21. The third-order valence-electron chi connectivity index (χ3n) is 3.39. The Balaban J connectivity index is 2.19. The number of rotatable bonds is 3. The van der Waals surface area contributed by atoms with Crippen LogP contribution in [-0.4, -0.2) is 25.2 Å². The first-order valence-electron chi connectivity index (χ1n) is 6.29. The molecule has 0 fully saturated rings. The van der Waals surface area contributed by atoms with Crippen LogP contribution in [0.2, 0.25) is 0 Å². The second kappa shape index (κ2) is 6.70. The quantitative estimate of drug-likeness (QED) is 0.842. The first kappa shape index (κ1) is 14.8. The van der Waals surface area contributed by atoms with Gasteiger partial charge in [-0.1, -0.05) is 43.0 Å². The zero-order valence-electron chi connectivity index (χ0n) is 10.7. The topological polar surface area (TPSA) is 57.5 Å². The minimum Gasteiger partial charge on any atom is -0.393 e. The molecule has 1 aromatic carbocycles. The summed E-state index contributed by atoms with van der Waals surface area (Å²) in [7, 11) is 0. The lowest BCUT2D eigenvalue weighted by Crippen LogP contribution is -2.29. The number of hydrogen-bond acceptors (Lipinski definition) is 3. The number of aliphatic hydroxyl groups is 1. The van der Waals surface area contributed by atoms with Crippen LogP contribution in [0.5, 0.6) is 0 Å². The fraction of sp³-hybridized carbons (Fsp3) is 0.429. The van der Waals surface area contributed by atoms with Gasteiger partial charge in [-0.15, -0.1) is 0 Å². The fourth-order valence-electron chi connectivity index (χ4n) is 2.16. The van der Waals surface area contributed by atoms with Crippen molar-refractivity contribution < 1.29 is 13.9 Å². The maximum Gasteiger partial charge on any atom is 0.160 e. The predicted molar refractivity (Wildman–Crippen MR) is 79.3 cm³/mol. The molecule has 1 aliphatic carbocycles. The zero-order valence-corrected chi connectivity index (χ0v) is 12.4. The van der Waals surface area contributed by atoms with E-state index in [1.165, 1.54) is 0 Å². The third kappa shape index (κ3) is 3.92. The second-order valence-electron chi connectivity index (χ2n) is 4.75. The van der Waals surface area contributed by atoms with E-state index in [4.69, 9.17) is 0 Å². The molecule has 0 heterocycles. The van der Waals surface area contributed by atoms with E-state index in [1.807, 2.05) is 43.3 Å². The minimum absolute atomic E-state index is 0.195. The van der Waals surface area contributed by atoms with Gasteiger partial charge in [0.25, 0.3) is 0 Å². The molecule has 0 saturated heterocycles. The van der Waals surface area contributed by atoms with Crippen LogP contribution < -0.4 is 0 Å². The summed E-state index contributed by atoms with van der Waals surface area (Å²) in [6, 6.07) is 9.93. The summed E-state index contributed by atoms with van der Waals surface area (Å²) in [5.41, 5.74) is 0. The normalized spacial score (nSPS) is 29.4. The van der Waals surface area contributed by atoms with Gasteiger partial charge in [-0.3, -0.25) is 0 Å². The molecule has 0 radical (unpaired) electrons. The highest BCUT2D eigenvalue weighted by Crippen LogP contribution is 2.35. The first-order chi connectivity index (χ1) is 9.08. The van der Waals surface area contributed by atoms with Crippen LogP contribution in [0.1, 0.15) is 19.8 Å². The molecule has 2 N–H and O–H groups in total. The van der Waals surface area contributed by atoms with E-state index in [0.29, 0.717) is 6.42 Å². The van der Waals surface area contributed by atoms with Crippen molar-refractivity contribution in [1.29, 1.82) is 0 Å². The summed E-state index contributed by atoms with van der Waals surface area (Å²) in [4.78, 5) is 2.17. The van der Waals surface area contributed by atoms with Crippen molar-refractivity contribution in [3.05, 3.63) is 41.3 Å². The van der Waals surface area contributed by atoms with E-state index in [9.17, 15) is 13.9 Å². The van der Waals surface area contributed by atoms with Crippen molar-refractivity contribution >= 4 is 22.8 Å². The van der Waals surface area contributed by atoms with Gasteiger partial charge >= 0.3 is 0 Å². The highest BCUT2D eigenvalue weighted by molar-refractivity contribution is 8.03. The Morgan fingerprint density at radius 2 is 2.00 bits per heavy atom. The molecule has 3 nitrogen and oxygen atoms in total. The standard InChI is InChI=1S/C14H18O3S2/c1-10-13(15)8-7-12(9-14(10)19(16)17)18-11-5-3-2-4-6-11/h2-6,9-10,13-15H,7-8H2,1H3,(H,16,17)/t10-,13-,14+/m0/s1. The second-order valence-corrected chi connectivity index (χ2v) is 7.05. The van der Waals surface area contributed by atoms with Crippen LogP contribution in [-0.2, 0) is 11.1 Å². The van der Waals surface area contributed by atoms with E-state index in [-0.39, 0.29) is 5.92 Å². The maximum absolute atomic E-state index is 11.4. The monoisotopic (exact) mass is 298 g/mol. The largest absolute Gasteiger partial charge is 0.393 e. The summed E-state index contributed by atoms with van der Waals surface area (Å²) >= 11 is -0.335. The molecule has 0 bridgehead atoms. The Morgan fingerprint density at radius 1 is 1.32 bits per heavy atom. The van der Waals surface area contributed by atoms with Crippen molar-refractivity contribution in [1.82, 2.24) is 0 Å². The summed E-state index contributed by atoms with van der Waals surface area (Å²) in [6.07, 6.45) is 2.72. The molecular formula is C14H18O3S2. The Morgan fingerprint density at radius 3 is 2.63 bits per heavy atom. The maximum atomic E-state index is 11.4. The lowest BCUT2D eigenvalue weighted by molar-refractivity contribution is 0.113. The van der Waals surface area contributed by atoms with Crippen LogP contribution in [0.3, 0.4) is 0 Å². The van der Waals surface area contributed by atoms with Gasteiger partial charge < -0.3 is 9.66 Å². The number of thioether (sulfide) groups is 1. The number of hydrogen-bond donors (Lipinski definition) is 2. The van der Waals surface area contributed by atoms with E-state index in [2.05, 4.69) is 0 Å².